The quantitative estimate of drug-likeness (QED) is 0.332. The molecule has 0 radical (unpaired) electrons. The lowest BCUT2D eigenvalue weighted by atomic mass is 10.2. The summed E-state index contributed by atoms with van der Waals surface area (Å²) in [5, 5.41) is 7.22. The van der Waals surface area contributed by atoms with E-state index in [9.17, 15) is 0 Å². The van der Waals surface area contributed by atoms with Crippen molar-refractivity contribution >= 4 is 12.2 Å². The fourth-order valence-electron chi connectivity index (χ4n) is 1.03. The van der Waals surface area contributed by atoms with Gasteiger partial charge in [0.15, 0.2) is 0 Å². The highest BCUT2D eigenvalue weighted by molar-refractivity contribution is 5.84. The molecule has 16 heavy (non-hydrogen) atoms. The fraction of sp³-hybridized carbons (Fsp3) is 0.0909. The number of ether oxygens (including phenoxy) is 1. The lowest BCUT2D eigenvalue weighted by molar-refractivity contribution is 0.363. The summed E-state index contributed by atoms with van der Waals surface area (Å²) >= 11 is 0. The Bertz CT molecular complexity index is 408. The minimum Gasteiger partial charge on any atom is -0.489 e. The van der Waals surface area contributed by atoms with Gasteiger partial charge in [-0.15, -0.1) is 5.10 Å². The maximum atomic E-state index is 5.42. The van der Waals surface area contributed by atoms with E-state index in [1.54, 1.807) is 6.08 Å². The third-order valence-corrected chi connectivity index (χ3v) is 1.65. The summed E-state index contributed by atoms with van der Waals surface area (Å²) in [6.45, 7) is 4.01. The van der Waals surface area contributed by atoms with Crippen molar-refractivity contribution in [1.82, 2.24) is 0 Å². The average Bonchev–Trinajstić information content (AvgIpc) is 2.27. The molecular formula is C11H14N4O. The lowest BCUT2D eigenvalue weighted by Gasteiger charge is -2.05. The van der Waals surface area contributed by atoms with Crippen molar-refractivity contribution in [3.63, 3.8) is 0 Å². The van der Waals surface area contributed by atoms with Gasteiger partial charge in [-0.1, -0.05) is 24.8 Å². The number of para-hydroxylation sites is 1. The Morgan fingerprint density at radius 2 is 2.12 bits per heavy atom. The molecule has 0 aliphatic rings. The van der Waals surface area contributed by atoms with Crippen LogP contribution in [-0.4, -0.2) is 18.8 Å². The van der Waals surface area contributed by atoms with Gasteiger partial charge >= 0.3 is 0 Å². The number of nitrogens with zero attached hydrogens (tertiary/aromatic N) is 2. The van der Waals surface area contributed by atoms with Crippen molar-refractivity contribution in [3.8, 4) is 5.75 Å². The lowest BCUT2D eigenvalue weighted by Crippen LogP contribution is -2.21. The van der Waals surface area contributed by atoms with Gasteiger partial charge in [0.05, 0.1) is 6.21 Å². The molecule has 0 unspecified atom stereocenters. The van der Waals surface area contributed by atoms with E-state index in [1.165, 1.54) is 6.21 Å². The second kappa shape index (κ2) is 6.23. The van der Waals surface area contributed by atoms with Gasteiger partial charge in [0.2, 0.25) is 5.96 Å². The van der Waals surface area contributed by atoms with Crippen molar-refractivity contribution in [2.45, 2.75) is 0 Å². The molecule has 0 amide bonds. The van der Waals surface area contributed by atoms with Crippen LogP contribution < -0.4 is 16.2 Å². The number of hydrogen-bond acceptors (Lipinski definition) is 3. The molecule has 0 aliphatic carbocycles. The summed E-state index contributed by atoms with van der Waals surface area (Å²) in [6.07, 6.45) is 3.20. The largest absolute Gasteiger partial charge is 0.489 e. The van der Waals surface area contributed by atoms with Crippen molar-refractivity contribution in [2.24, 2.45) is 21.7 Å². The minimum atomic E-state index is -0.0826. The highest BCUT2D eigenvalue weighted by Gasteiger charge is 1.98. The first-order valence-electron chi connectivity index (χ1n) is 4.68. The predicted molar refractivity (Wildman–Crippen MR) is 65.5 cm³/mol. The molecule has 5 heteroatoms. The summed E-state index contributed by atoms with van der Waals surface area (Å²) in [7, 11) is 0. The molecule has 1 aromatic carbocycles. The molecule has 1 aromatic rings. The Kier molecular flexibility index (Phi) is 4.59. The molecule has 0 aliphatic heterocycles. The average molecular weight is 218 g/mol. The molecular weight excluding hydrogens is 204 g/mol. The number of nitrogens with two attached hydrogens (primary N) is 2. The van der Waals surface area contributed by atoms with Gasteiger partial charge in [-0.25, -0.2) is 0 Å². The Balaban J connectivity index is 2.81. The number of hydrogen-bond donors (Lipinski definition) is 2. The molecule has 1 rings (SSSR count). The van der Waals surface area contributed by atoms with Crippen LogP contribution in [0.4, 0.5) is 0 Å². The summed E-state index contributed by atoms with van der Waals surface area (Å²) in [4.78, 5) is 0. The monoisotopic (exact) mass is 218 g/mol. The second-order valence-corrected chi connectivity index (χ2v) is 2.91. The van der Waals surface area contributed by atoms with Crippen LogP contribution in [0.2, 0.25) is 0 Å². The molecule has 84 valence electrons. The zero-order chi connectivity index (χ0) is 11.8. The summed E-state index contributed by atoms with van der Waals surface area (Å²) in [5.74, 6) is 0.623. The van der Waals surface area contributed by atoms with Crippen molar-refractivity contribution < 1.29 is 4.74 Å². The third kappa shape index (κ3) is 3.83. The number of rotatable bonds is 5. The summed E-state index contributed by atoms with van der Waals surface area (Å²) in [6, 6.07) is 7.43. The van der Waals surface area contributed by atoms with E-state index < -0.39 is 0 Å². The van der Waals surface area contributed by atoms with Crippen LogP contribution in [0.25, 0.3) is 0 Å². The standard InChI is InChI=1S/C11H14N4O/c1-2-7-16-10-6-4-3-5-9(10)8-14-15-11(12)13/h2-6,8H,1,7H2,(H4,12,13,15)/b14-8+. The normalized spacial score (nSPS) is 10.0. The molecule has 0 heterocycles. The first kappa shape index (κ1) is 11.8. The smallest absolute Gasteiger partial charge is 0.211 e. The van der Waals surface area contributed by atoms with Gasteiger partial charge in [-0.3, -0.25) is 0 Å². The fourth-order valence-corrected chi connectivity index (χ4v) is 1.03. The molecule has 0 bridgehead atoms. The molecule has 0 spiro atoms. The van der Waals surface area contributed by atoms with Gasteiger partial charge in [0.25, 0.3) is 0 Å². The van der Waals surface area contributed by atoms with Crippen LogP contribution in [-0.2, 0) is 0 Å². The maximum Gasteiger partial charge on any atom is 0.211 e. The Morgan fingerprint density at radius 3 is 2.81 bits per heavy atom. The Hall–Kier alpha value is -2.30. The molecule has 0 aromatic heterocycles. The molecule has 0 saturated carbocycles. The van der Waals surface area contributed by atoms with E-state index in [-0.39, 0.29) is 5.96 Å². The molecule has 0 atom stereocenters. The number of benzene rings is 1. The SMILES string of the molecule is C=CCOc1ccccc1/C=N/N=C(N)N. The van der Waals surface area contributed by atoms with Gasteiger partial charge in [0.1, 0.15) is 12.4 Å². The Morgan fingerprint density at radius 1 is 1.38 bits per heavy atom. The van der Waals surface area contributed by atoms with E-state index in [0.717, 1.165) is 5.56 Å². The van der Waals surface area contributed by atoms with Crippen LogP contribution in [0, 0.1) is 0 Å². The summed E-state index contributed by atoms with van der Waals surface area (Å²) in [5.41, 5.74) is 11.1. The first-order chi connectivity index (χ1) is 7.74. The minimum absolute atomic E-state index is 0.0826. The zero-order valence-corrected chi connectivity index (χ0v) is 8.84. The topological polar surface area (TPSA) is 86.0 Å². The van der Waals surface area contributed by atoms with Gasteiger partial charge in [0, 0.05) is 5.56 Å². The molecule has 0 saturated heterocycles. The number of guanidine groups is 1. The second-order valence-electron chi connectivity index (χ2n) is 2.91. The highest BCUT2D eigenvalue weighted by atomic mass is 16.5. The van der Waals surface area contributed by atoms with Crippen LogP contribution in [0.15, 0.2) is 47.1 Å². The van der Waals surface area contributed by atoms with Gasteiger partial charge < -0.3 is 16.2 Å². The van der Waals surface area contributed by atoms with E-state index in [2.05, 4.69) is 16.8 Å². The van der Waals surface area contributed by atoms with Crippen LogP contribution in [0.1, 0.15) is 5.56 Å². The summed E-state index contributed by atoms with van der Waals surface area (Å²) < 4.78 is 5.42. The van der Waals surface area contributed by atoms with E-state index in [0.29, 0.717) is 12.4 Å². The van der Waals surface area contributed by atoms with Crippen molar-refractivity contribution in [3.05, 3.63) is 42.5 Å². The molecule has 4 N–H and O–H groups in total. The highest BCUT2D eigenvalue weighted by Crippen LogP contribution is 2.15. The predicted octanol–water partition coefficient (Wildman–Crippen LogP) is 0.859. The molecule has 0 fully saturated rings. The van der Waals surface area contributed by atoms with Crippen molar-refractivity contribution in [2.75, 3.05) is 6.61 Å². The van der Waals surface area contributed by atoms with Crippen LogP contribution in [0.5, 0.6) is 5.75 Å². The van der Waals surface area contributed by atoms with Crippen molar-refractivity contribution in [1.29, 1.82) is 0 Å². The molecule has 5 nitrogen and oxygen atoms in total. The van der Waals surface area contributed by atoms with Gasteiger partial charge in [-0.2, -0.15) is 5.10 Å². The maximum absolute atomic E-state index is 5.42. The van der Waals surface area contributed by atoms with Crippen LogP contribution >= 0.6 is 0 Å². The van der Waals surface area contributed by atoms with E-state index in [4.69, 9.17) is 16.2 Å². The van der Waals surface area contributed by atoms with Crippen LogP contribution in [0.3, 0.4) is 0 Å². The zero-order valence-electron chi connectivity index (χ0n) is 8.84. The Labute approximate surface area is 94.1 Å². The van der Waals surface area contributed by atoms with E-state index in [1.807, 2.05) is 24.3 Å². The van der Waals surface area contributed by atoms with E-state index >= 15 is 0 Å². The van der Waals surface area contributed by atoms with Gasteiger partial charge in [-0.05, 0) is 12.1 Å². The third-order valence-electron chi connectivity index (χ3n) is 1.65. The first-order valence-corrected chi connectivity index (χ1v) is 4.68.